The number of aromatic nitrogens is 6. The van der Waals surface area contributed by atoms with Crippen LogP contribution in [0.15, 0.2) is 29.4 Å². The topological polar surface area (TPSA) is 98.5 Å². The van der Waals surface area contributed by atoms with Gasteiger partial charge in [0.25, 0.3) is 0 Å². The summed E-state index contributed by atoms with van der Waals surface area (Å²) in [4.78, 5) is 12.1. The van der Waals surface area contributed by atoms with Crippen molar-refractivity contribution >= 4 is 45.7 Å². The molecule has 25 heavy (non-hydrogen) atoms. The second-order valence-electron chi connectivity index (χ2n) is 5.29. The second kappa shape index (κ2) is 7.89. The minimum absolute atomic E-state index is 0.157. The van der Waals surface area contributed by atoms with Crippen molar-refractivity contribution in [3.8, 4) is 5.69 Å². The summed E-state index contributed by atoms with van der Waals surface area (Å²) in [5.74, 6) is 0.244. The Bertz CT molecular complexity index is 862. The summed E-state index contributed by atoms with van der Waals surface area (Å²) >= 11 is 8.49. The summed E-state index contributed by atoms with van der Waals surface area (Å²) < 4.78 is 1.55. The smallest absolute Gasteiger partial charge is 0.236 e. The van der Waals surface area contributed by atoms with Crippen molar-refractivity contribution < 1.29 is 4.79 Å². The number of carbonyl (C=O) groups excluding carboxylic acids is 1. The van der Waals surface area contributed by atoms with Crippen LogP contribution in [0, 0.1) is 0 Å². The molecule has 130 valence electrons. The fourth-order valence-electron chi connectivity index (χ4n) is 1.82. The molecule has 0 atom stereocenters. The molecular formula is C14H14ClN7OS2. The average Bonchev–Trinajstić information content (AvgIpc) is 3.23. The molecule has 0 aliphatic heterocycles. The second-order valence-corrected chi connectivity index (χ2v) is 7.67. The lowest BCUT2D eigenvalue weighted by Gasteiger charge is -2.04. The predicted molar refractivity (Wildman–Crippen MR) is 97.5 cm³/mol. The van der Waals surface area contributed by atoms with Gasteiger partial charge >= 0.3 is 0 Å². The Balaban J connectivity index is 1.61. The van der Waals surface area contributed by atoms with E-state index in [0.717, 1.165) is 10.7 Å². The Morgan fingerprint density at radius 3 is 2.72 bits per heavy atom. The molecule has 11 heteroatoms. The first-order valence-corrected chi connectivity index (χ1v) is 9.51. The molecule has 0 aliphatic rings. The molecule has 3 aromatic rings. The van der Waals surface area contributed by atoms with Gasteiger partial charge in [-0.3, -0.25) is 10.1 Å². The molecule has 0 saturated carbocycles. The van der Waals surface area contributed by atoms with E-state index in [1.54, 1.807) is 28.9 Å². The van der Waals surface area contributed by atoms with Crippen LogP contribution < -0.4 is 5.32 Å². The maximum absolute atomic E-state index is 12.1. The van der Waals surface area contributed by atoms with Crippen LogP contribution in [0.1, 0.15) is 24.8 Å². The maximum atomic E-state index is 12.1. The number of thioether (sulfide) groups is 1. The zero-order chi connectivity index (χ0) is 17.8. The number of benzene rings is 1. The Kier molecular flexibility index (Phi) is 5.61. The molecule has 0 bridgehead atoms. The molecule has 0 spiro atoms. The third-order valence-electron chi connectivity index (χ3n) is 3.03. The van der Waals surface area contributed by atoms with Gasteiger partial charge in [-0.1, -0.05) is 48.5 Å². The number of nitrogens with zero attached hydrogens (tertiary/aromatic N) is 6. The minimum Gasteiger partial charge on any atom is -0.300 e. The molecule has 2 heterocycles. The normalized spacial score (nSPS) is 11.0. The van der Waals surface area contributed by atoms with Crippen LogP contribution in [-0.2, 0) is 4.79 Å². The summed E-state index contributed by atoms with van der Waals surface area (Å²) in [6, 6.07) is 7.11. The molecule has 3 rings (SSSR count). The number of amides is 1. The van der Waals surface area contributed by atoms with E-state index < -0.39 is 0 Å². The summed E-state index contributed by atoms with van der Waals surface area (Å²) in [5, 5.41) is 24.8. The molecule has 0 saturated heterocycles. The largest absolute Gasteiger partial charge is 0.300 e. The monoisotopic (exact) mass is 395 g/mol. The summed E-state index contributed by atoms with van der Waals surface area (Å²) in [7, 11) is 0. The number of halogens is 1. The van der Waals surface area contributed by atoms with Crippen LogP contribution in [0.5, 0.6) is 0 Å². The van der Waals surface area contributed by atoms with Crippen LogP contribution >= 0.6 is 34.7 Å². The van der Waals surface area contributed by atoms with E-state index in [1.165, 1.54) is 23.1 Å². The fraction of sp³-hybridized carbons (Fsp3) is 0.286. The van der Waals surface area contributed by atoms with Gasteiger partial charge in [-0.15, -0.1) is 15.3 Å². The molecule has 2 aromatic heterocycles. The number of hydrogen-bond acceptors (Lipinski definition) is 8. The first kappa shape index (κ1) is 17.8. The van der Waals surface area contributed by atoms with Gasteiger partial charge in [-0.05, 0) is 34.7 Å². The van der Waals surface area contributed by atoms with E-state index in [2.05, 4.69) is 31.0 Å². The van der Waals surface area contributed by atoms with Gasteiger partial charge in [0, 0.05) is 10.9 Å². The number of anilines is 1. The van der Waals surface area contributed by atoms with Gasteiger partial charge in [0.1, 0.15) is 5.01 Å². The maximum Gasteiger partial charge on any atom is 0.236 e. The fourth-order valence-corrected chi connectivity index (χ4v) is 3.40. The number of hydrogen-bond donors (Lipinski definition) is 1. The lowest BCUT2D eigenvalue weighted by Crippen LogP contribution is -2.14. The highest BCUT2D eigenvalue weighted by Crippen LogP contribution is 2.23. The molecule has 0 radical (unpaired) electrons. The van der Waals surface area contributed by atoms with Gasteiger partial charge < -0.3 is 0 Å². The summed E-state index contributed by atoms with van der Waals surface area (Å²) in [6.45, 7) is 4.05. The predicted octanol–water partition coefficient (Wildman–Crippen LogP) is 3.02. The van der Waals surface area contributed by atoms with Crippen LogP contribution in [0.2, 0.25) is 5.02 Å². The Morgan fingerprint density at radius 2 is 2.04 bits per heavy atom. The van der Waals surface area contributed by atoms with E-state index in [1.807, 2.05) is 13.8 Å². The lowest BCUT2D eigenvalue weighted by molar-refractivity contribution is -0.113. The zero-order valence-corrected chi connectivity index (χ0v) is 15.8. The van der Waals surface area contributed by atoms with Crippen LogP contribution in [0.3, 0.4) is 0 Å². The van der Waals surface area contributed by atoms with Crippen LogP contribution in [-0.4, -0.2) is 42.1 Å². The Hall–Kier alpha value is -2.04. The Morgan fingerprint density at radius 1 is 1.28 bits per heavy atom. The van der Waals surface area contributed by atoms with Gasteiger partial charge in [0.05, 0.1) is 11.4 Å². The molecule has 1 N–H and O–H groups in total. The van der Waals surface area contributed by atoms with Crippen molar-refractivity contribution in [3.63, 3.8) is 0 Å². The van der Waals surface area contributed by atoms with Crippen LogP contribution in [0.25, 0.3) is 5.69 Å². The van der Waals surface area contributed by atoms with E-state index >= 15 is 0 Å². The number of nitrogens with one attached hydrogen (secondary N) is 1. The lowest BCUT2D eigenvalue weighted by atomic mass is 10.2. The van der Waals surface area contributed by atoms with Crippen molar-refractivity contribution in [2.75, 3.05) is 11.1 Å². The van der Waals surface area contributed by atoms with Crippen molar-refractivity contribution in [2.24, 2.45) is 0 Å². The van der Waals surface area contributed by atoms with E-state index in [0.29, 0.717) is 15.3 Å². The standard InChI is InChI=1S/C14H14ClN7OS2/c1-8(2)12-17-18-13(25-12)16-11(23)7-24-14-19-20-21-22(14)10-5-3-9(15)4-6-10/h3-6,8H,7H2,1-2H3,(H,16,18,23). The third kappa shape index (κ3) is 4.53. The number of rotatable bonds is 6. The Labute approximate surface area is 157 Å². The molecule has 1 amide bonds. The molecule has 1 aromatic carbocycles. The first-order chi connectivity index (χ1) is 12.0. The molecule has 0 fully saturated rings. The van der Waals surface area contributed by atoms with Gasteiger partial charge in [-0.2, -0.15) is 4.68 Å². The molecule has 0 unspecified atom stereocenters. The van der Waals surface area contributed by atoms with Crippen molar-refractivity contribution in [1.29, 1.82) is 0 Å². The molecule has 0 aliphatic carbocycles. The average molecular weight is 396 g/mol. The van der Waals surface area contributed by atoms with E-state index in [-0.39, 0.29) is 17.6 Å². The van der Waals surface area contributed by atoms with Gasteiger partial charge in [-0.25, -0.2) is 0 Å². The van der Waals surface area contributed by atoms with Crippen LogP contribution in [0.4, 0.5) is 5.13 Å². The van der Waals surface area contributed by atoms with Crippen molar-refractivity contribution in [3.05, 3.63) is 34.3 Å². The minimum atomic E-state index is -0.192. The van der Waals surface area contributed by atoms with Crippen molar-refractivity contribution in [1.82, 2.24) is 30.4 Å². The van der Waals surface area contributed by atoms with E-state index in [9.17, 15) is 4.79 Å². The highest BCUT2D eigenvalue weighted by atomic mass is 35.5. The summed E-state index contributed by atoms with van der Waals surface area (Å²) in [5.41, 5.74) is 0.767. The summed E-state index contributed by atoms with van der Waals surface area (Å²) in [6.07, 6.45) is 0. The zero-order valence-electron chi connectivity index (χ0n) is 13.4. The van der Waals surface area contributed by atoms with Gasteiger partial charge in [0.2, 0.25) is 16.2 Å². The quantitative estimate of drug-likeness (QED) is 0.640. The van der Waals surface area contributed by atoms with Crippen molar-refractivity contribution in [2.45, 2.75) is 24.9 Å². The number of tetrazole rings is 1. The highest BCUT2D eigenvalue weighted by molar-refractivity contribution is 7.99. The first-order valence-electron chi connectivity index (χ1n) is 7.33. The molecular weight excluding hydrogens is 382 g/mol. The van der Waals surface area contributed by atoms with E-state index in [4.69, 9.17) is 11.6 Å². The highest BCUT2D eigenvalue weighted by Gasteiger charge is 2.14. The van der Waals surface area contributed by atoms with Gasteiger partial charge in [0.15, 0.2) is 0 Å². The number of carbonyl (C=O) groups is 1. The SMILES string of the molecule is CC(C)c1nnc(NC(=O)CSc2nnnn2-c2ccc(Cl)cc2)s1. The third-order valence-corrected chi connectivity index (χ3v) is 5.34. The molecule has 8 nitrogen and oxygen atoms in total.